The van der Waals surface area contributed by atoms with Crippen molar-refractivity contribution in [2.24, 2.45) is 0 Å². The molecule has 1 aliphatic rings. The number of rotatable bonds is 9. The molecule has 0 aromatic heterocycles. The van der Waals surface area contributed by atoms with Gasteiger partial charge in [-0.3, -0.25) is 0 Å². The minimum absolute atomic E-state index is 0.360. The molecule has 1 unspecified atom stereocenters. The Morgan fingerprint density at radius 2 is 1.94 bits per heavy atom. The summed E-state index contributed by atoms with van der Waals surface area (Å²) in [5.41, 5.74) is 0. The third-order valence-corrected chi connectivity index (χ3v) is 3.62. The van der Waals surface area contributed by atoms with E-state index in [0.29, 0.717) is 6.10 Å². The van der Waals surface area contributed by atoms with Gasteiger partial charge in [-0.2, -0.15) is 0 Å². The molecular formula is C14H28N2OS. The van der Waals surface area contributed by atoms with E-state index < -0.39 is 0 Å². The first-order valence-electron chi connectivity index (χ1n) is 7.46. The van der Waals surface area contributed by atoms with Gasteiger partial charge in [0.2, 0.25) is 0 Å². The second kappa shape index (κ2) is 10.6. The van der Waals surface area contributed by atoms with E-state index in [0.717, 1.165) is 31.2 Å². The van der Waals surface area contributed by atoms with Crippen molar-refractivity contribution >= 4 is 17.3 Å². The zero-order valence-electron chi connectivity index (χ0n) is 11.7. The molecule has 2 N–H and O–H groups in total. The molecule has 0 saturated carbocycles. The lowest BCUT2D eigenvalue weighted by Crippen LogP contribution is -2.39. The van der Waals surface area contributed by atoms with Crippen LogP contribution in [0.25, 0.3) is 0 Å². The zero-order valence-corrected chi connectivity index (χ0v) is 12.5. The summed E-state index contributed by atoms with van der Waals surface area (Å²) in [6.07, 6.45) is 10.6. The van der Waals surface area contributed by atoms with Gasteiger partial charge in [-0.25, -0.2) is 0 Å². The molecule has 0 bridgehead atoms. The highest BCUT2D eigenvalue weighted by atomic mass is 32.1. The van der Waals surface area contributed by atoms with Gasteiger partial charge in [0.15, 0.2) is 5.11 Å². The average Bonchev–Trinajstić information content (AvgIpc) is 2.88. The van der Waals surface area contributed by atoms with E-state index in [9.17, 15) is 0 Å². The summed E-state index contributed by atoms with van der Waals surface area (Å²) < 4.78 is 5.53. The summed E-state index contributed by atoms with van der Waals surface area (Å²) in [5, 5.41) is 7.27. The van der Waals surface area contributed by atoms with Crippen molar-refractivity contribution in [3.63, 3.8) is 0 Å². The fraction of sp³-hybridized carbons (Fsp3) is 0.929. The Morgan fingerprint density at radius 1 is 1.17 bits per heavy atom. The average molecular weight is 272 g/mol. The van der Waals surface area contributed by atoms with Crippen LogP contribution in [0.15, 0.2) is 0 Å². The SMILES string of the molecule is CCCCCCCCNC(=S)NCC1CCCO1. The number of ether oxygens (including phenoxy) is 1. The molecular weight excluding hydrogens is 244 g/mol. The van der Waals surface area contributed by atoms with Gasteiger partial charge in [-0.15, -0.1) is 0 Å². The van der Waals surface area contributed by atoms with Crippen molar-refractivity contribution in [2.45, 2.75) is 64.4 Å². The van der Waals surface area contributed by atoms with Gasteiger partial charge in [-0.05, 0) is 31.5 Å². The van der Waals surface area contributed by atoms with Gasteiger partial charge in [0.25, 0.3) is 0 Å². The maximum atomic E-state index is 5.53. The fourth-order valence-electron chi connectivity index (χ4n) is 2.18. The third kappa shape index (κ3) is 7.88. The second-order valence-electron chi connectivity index (χ2n) is 5.04. The molecule has 1 aliphatic heterocycles. The molecule has 18 heavy (non-hydrogen) atoms. The topological polar surface area (TPSA) is 33.3 Å². The first-order chi connectivity index (χ1) is 8.83. The first kappa shape index (κ1) is 15.7. The van der Waals surface area contributed by atoms with E-state index in [2.05, 4.69) is 17.6 Å². The quantitative estimate of drug-likeness (QED) is 0.499. The van der Waals surface area contributed by atoms with Crippen LogP contribution in [0.5, 0.6) is 0 Å². The summed E-state index contributed by atoms with van der Waals surface area (Å²) in [6.45, 7) is 5.00. The Labute approximate surface area is 117 Å². The Bertz CT molecular complexity index is 218. The summed E-state index contributed by atoms with van der Waals surface area (Å²) in [6, 6.07) is 0. The predicted molar refractivity (Wildman–Crippen MR) is 81.0 cm³/mol. The molecule has 1 saturated heterocycles. The van der Waals surface area contributed by atoms with Crippen LogP contribution in [-0.2, 0) is 4.74 Å². The predicted octanol–water partition coefficient (Wildman–Crippen LogP) is 2.99. The van der Waals surface area contributed by atoms with Gasteiger partial charge >= 0.3 is 0 Å². The summed E-state index contributed by atoms with van der Waals surface area (Å²) in [4.78, 5) is 0. The summed E-state index contributed by atoms with van der Waals surface area (Å²) >= 11 is 5.23. The van der Waals surface area contributed by atoms with Crippen LogP contribution < -0.4 is 10.6 Å². The highest BCUT2D eigenvalue weighted by molar-refractivity contribution is 7.80. The van der Waals surface area contributed by atoms with Crippen LogP contribution in [0.3, 0.4) is 0 Å². The molecule has 1 heterocycles. The first-order valence-corrected chi connectivity index (χ1v) is 7.87. The van der Waals surface area contributed by atoms with Crippen LogP contribution in [0.2, 0.25) is 0 Å². The molecule has 3 nitrogen and oxygen atoms in total. The molecule has 1 rings (SSSR count). The Hall–Kier alpha value is -0.350. The van der Waals surface area contributed by atoms with Crippen molar-refractivity contribution in [1.82, 2.24) is 10.6 Å². The van der Waals surface area contributed by atoms with Gasteiger partial charge in [0, 0.05) is 19.7 Å². The Morgan fingerprint density at radius 3 is 2.67 bits per heavy atom. The van der Waals surface area contributed by atoms with Crippen LogP contribution in [0.1, 0.15) is 58.3 Å². The van der Waals surface area contributed by atoms with Crippen LogP contribution in [0, 0.1) is 0 Å². The number of nitrogens with one attached hydrogen (secondary N) is 2. The third-order valence-electron chi connectivity index (χ3n) is 3.33. The van der Waals surface area contributed by atoms with Crippen molar-refractivity contribution in [3.05, 3.63) is 0 Å². The minimum Gasteiger partial charge on any atom is -0.376 e. The summed E-state index contributed by atoms with van der Waals surface area (Å²) in [7, 11) is 0. The molecule has 0 spiro atoms. The van der Waals surface area contributed by atoms with Crippen molar-refractivity contribution < 1.29 is 4.74 Å². The van der Waals surface area contributed by atoms with E-state index in [1.165, 1.54) is 44.9 Å². The monoisotopic (exact) mass is 272 g/mol. The van der Waals surface area contributed by atoms with Crippen LogP contribution in [0.4, 0.5) is 0 Å². The lowest BCUT2D eigenvalue weighted by Gasteiger charge is -2.13. The highest BCUT2D eigenvalue weighted by Gasteiger charge is 2.14. The van der Waals surface area contributed by atoms with E-state index >= 15 is 0 Å². The van der Waals surface area contributed by atoms with Gasteiger partial charge in [-0.1, -0.05) is 39.0 Å². The second-order valence-corrected chi connectivity index (χ2v) is 5.45. The standard InChI is InChI=1S/C14H28N2OS/c1-2-3-4-5-6-7-10-15-14(18)16-12-13-9-8-11-17-13/h13H,2-12H2,1H3,(H2,15,16,18). The van der Waals surface area contributed by atoms with E-state index in [-0.39, 0.29) is 0 Å². The molecule has 1 atom stereocenters. The molecule has 0 aromatic carbocycles. The molecule has 106 valence electrons. The lowest BCUT2D eigenvalue weighted by atomic mass is 10.1. The largest absolute Gasteiger partial charge is 0.376 e. The molecule has 0 radical (unpaired) electrons. The minimum atomic E-state index is 0.360. The van der Waals surface area contributed by atoms with Gasteiger partial charge in [0.1, 0.15) is 0 Å². The van der Waals surface area contributed by atoms with E-state index in [4.69, 9.17) is 17.0 Å². The Balaban J connectivity index is 1.84. The van der Waals surface area contributed by atoms with Gasteiger partial charge in [0.05, 0.1) is 6.10 Å². The van der Waals surface area contributed by atoms with Gasteiger partial charge < -0.3 is 15.4 Å². The lowest BCUT2D eigenvalue weighted by molar-refractivity contribution is 0.114. The maximum Gasteiger partial charge on any atom is 0.166 e. The van der Waals surface area contributed by atoms with Crippen molar-refractivity contribution in [2.75, 3.05) is 19.7 Å². The number of hydrogen-bond acceptors (Lipinski definition) is 2. The molecule has 0 amide bonds. The van der Waals surface area contributed by atoms with Crippen molar-refractivity contribution in [1.29, 1.82) is 0 Å². The Kier molecular flexibility index (Phi) is 9.22. The van der Waals surface area contributed by atoms with E-state index in [1.807, 2.05) is 0 Å². The van der Waals surface area contributed by atoms with Crippen molar-refractivity contribution in [3.8, 4) is 0 Å². The fourth-order valence-corrected chi connectivity index (χ4v) is 2.37. The van der Waals surface area contributed by atoms with E-state index in [1.54, 1.807) is 0 Å². The normalized spacial score (nSPS) is 18.8. The molecule has 0 aliphatic carbocycles. The smallest absolute Gasteiger partial charge is 0.166 e. The van der Waals surface area contributed by atoms with Crippen LogP contribution in [-0.4, -0.2) is 30.9 Å². The molecule has 1 fully saturated rings. The number of thiocarbonyl (C=S) groups is 1. The maximum absolute atomic E-state index is 5.53. The van der Waals surface area contributed by atoms with Crippen LogP contribution >= 0.6 is 12.2 Å². The molecule has 4 heteroatoms. The molecule has 0 aromatic rings. The number of hydrogen-bond donors (Lipinski definition) is 2. The highest BCUT2D eigenvalue weighted by Crippen LogP contribution is 2.10. The zero-order chi connectivity index (χ0) is 13.1. The number of unbranched alkanes of at least 4 members (excludes halogenated alkanes) is 5. The summed E-state index contributed by atoms with van der Waals surface area (Å²) in [5.74, 6) is 0.